The van der Waals surface area contributed by atoms with Crippen LogP contribution in [0.2, 0.25) is 0 Å². The summed E-state index contributed by atoms with van der Waals surface area (Å²) >= 11 is 0. The summed E-state index contributed by atoms with van der Waals surface area (Å²) < 4.78 is 0.885. The Morgan fingerprint density at radius 2 is 2.09 bits per heavy atom. The largest absolute Gasteiger partial charge is 0.366 e. The topological polar surface area (TPSA) is 137 Å². The van der Waals surface area contributed by atoms with Crippen molar-refractivity contribution in [1.82, 2.24) is 20.3 Å². The number of fused-ring (bicyclic) bond motifs is 1. The van der Waals surface area contributed by atoms with Gasteiger partial charge in [0.2, 0.25) is 11.8 Å². The Balaban J connectivity index is 2.20. The van der Waals surface area contributed by atoms with E-state index in [2.05, 4.69) is 15.6 Å². The SMILES string of the molecule is NC(=O)c1cccc2nnn(C3CCC(=O)NC3=O)c(=O)c12. The highest BCUT2D eigenvalue weighted by Crippen LogP contribution is 2.17. The normalized spacial score (nSPS) is 18.3. The van der Waals surface area contributed by atoms with Gasteiger partial charge in [-0.1, -0.05) is 11.3 Å². The van der Waals surface area contributed by atoms with Crippen molar-refractivity contribution in [3.63, 3.8) is 0 Å². The van der Waals surface area contributed by atoms with E-state index in [4.69, 9.17) is 5.73 Å². The molecule has 1 aliphatic rings. The highest BCUT2D eigenvalue weighted by Gasteiger charge is 2.30. The molecule has 1 fully saturated rings. The van der Waals surface area contributed by atoms with Crippen molar-refractivity contribution in [2.24, 2.45) is 5.73 Å². The third-order valence-electron chi connectivity index (χ3n) is 3.48. The van der Waals surface area contributed by atoms with Crippen LogP contribution in [-0.2, 0) is 9.59 Å². The zero-order valence-corrected chi connectivity index (χ0v) is 11.3. The fourth-order valence-corrected chi connectivity index (χ4v) is 2.42. The third kappa shape index (κ3) is 2.12. The number of aromatic nitrogens is 3. The fraction of sp³-hybridized carbons (Fsp3) is 0.231. The van der Waals surface area contributed by atoms with Gasteiger partial charge in [0.25, 0.3) is 11.5 Å². The molecule has 1 unspecified atom stereocenters. The summed E-state index contributed by atoms with van der Waals surface area (Å²) in [6.07, 6.45) is 0.240. The Labute approximate surface area is 123 Å². The van der Waals surface area contributed by atoms with Gasteiger partial charge in [-0.05, 0) is 18.6 Å². The maximum atomic E-state index is 12.6. The van der Waals surface area contributed by atoms with Gasteiger partial charge < -0.3 is 5.73 Å². The Kier molecular flexibility index (Phi) is 3.17. The van der Waals surface area contributed by atoms with E-state index in [-0.39, 0.29) is 29.3 Å². The molecule has 0 bridgehead atoms. The number of primary amides is 1. The molecule has 0 saturated carbocycles. The summed E-state index contributed by atoms with van der Waals surface area (Å²) in [5.41, 5.74) is 4.84. The highest BCUT2D eigenvalue weighted by molar-refractivity contribution is 6.05. The van der Waals surface area contributed by atoms with E-state index >= 15 is 0 Å². The Bertz CT molecular complexity index is 872. The first-order valence-corrected chi connectivity index (χ1v) is 6.51. The predicted molar refractivity (Wildman–Crippen MR) is 73.7 cm³/mol. The molecule has 0 radical (unpaired) electrons. The Morgan fingerprint density at radius 1 is 1.32 bits per heavy atom. The zero-order valence-electron chi connectivity index (χ0n) is 11.3. The molecule has 2 aromatic rings. The van der Waals surface area contributed by atoms with Gasteiger partial charge >= 0.3 is 0 Å². The van der Waals surface area contributed by atoms with Crippen molar-refractivity contribution in [1.29, 1.82) is 0 Å². The van der Waals surface area contributed by atoms with E-state index in [1.165, 1.54) is 18.2 Å². The maximum Gasteiger partial charge on any atom is 0.279 e. The van der Waals surface area contributed by atoms with Crippen LogP contribution in [0.5, 0.6) is 0 Å². The number of carbonyl (C=O) groups is 3. The minimum absolute atomic E-state index is 0.00898. The van der Waals surface area contributed by atoms with E-state index in [0.29, 0.717) is 0 Å². The third-order valence-corrected chi connectivity index (χ3v) is 3.48. The van der Waals surface area contributed by atoms with Crippen molar-refractivity contribution in [3.8, 4) is 0 Å². The standard InChI is InChI=1S/C13H11N5O4/c14-11(20)6-2-1-3-7-10(6)13(22)18(17-16-7)8-4-5-9(19)15-12(8)21/h1-3,8H,4-5H2,(H2,14,20)(H,15,19,21). The molecule has 112 valence electrons. The number of rotatable bonds is 2. The van der Waals surface area contributed by atoms with E-state index < -0.39 is 29.3 Å². The van der Waals surface area contributed by atoms with Crippen LogP contribution in [0.1, 0.15) is 29.2 Å². The van der Waals surface area contributed by atoms with Gasteiger partial charge in [0.1, 0.15) is 11.6 Å². The predicted octanol–water partition coefficient (Wildman–Crippen LogP) is -1.13. The number of nitrogens with two attached hydrogens (primary N) is 1. The number of amides is 3. The molecule has 1 saturated heterocycles. The summed E-state index contributed by atoms with van der Waals surface area (Å²) in [5.74, 6) is -1.80. The molecule has 9 heteroatoms. The molecule has 3 N–H and O–H groups in total. The summed E-state index contributed by atoms with van der Waals surface area (Å²) in [4.78, 5) is 47.1. The van der Waals surface area contributed by atoms with Crippen molar-refractivity contribution < 1.29 is 14.4 Å². The molecule has 3 rings (SSSR count). The highest BCUT2D eigenvalue weighted by atomic mass is 16.2. The molecule has 0 spiro atoms. The Hall–Kier alpha value is -3.10. The first-order valence-electron chi connectivity index (χ1n) is 6.51. The molecule has 2 heterocycles. The van der Waals surface area contributed by atoms with Crippen LogP contribution < -0.4 is 16.6 Å². The molecule has 1 aromatic carbocycles. The average molecular weight is 301 g/mol. The van der Waals surface area contributed by atoms with E-state index in [1.807, 2.05) is 0 Å². The van der Waals surface area contributed by atoms with Gasteiger partial charge in [0.05, 0.1) is 10.9 Å². The van der Waals surface area contributed by atoms with Crippen LogP contribution in [0, 0.1) is 0 Å². The smallest absolute Gasteiger partial charge is 0.279 e. The average Bonchev–Trinajstić information content (AvgIpc) is 2.48. The lowest BCUT2D eigenvalue weighted by molar-refractivity contribution is -0.136. The summed E-state index contributed by atoms with van der Waals surface area (Å²) in [6.45, 7) is 0. The molecule has 1 atom stereocenters. The monoisotopic (exact) mass is 301 g/mol. The molecular formula is C13H11N5O4. The van der Waals surface area contributed by atoms with Gasteiger partial charge in [-0.3, -0.25) is 24.5 Å². The van der Waals surface area contributed by atoms with E-state index in [9.17, 15) is 19.2 Å². The number of imide groups is 1. The van der Waals surface area contributed by atoms with Crippen molar-refractivity contribution in [2.45, 2.75) is 18.9 Å². The number of carbonyl (C=O) groups excluding carboxylic acids is 3. The minimum Gasteiger partial charge on any atom is -0.366 e. The van der Waals surface area contributed by atoms with Gasteiger partial charge in [-0.25, -0.2) is 0 Å². The molecule has 9 nitrogen and oxygen atoms in total. The van der Waals surface area contributed by atoms with Gasteiger partial charge in [-0.15, -0.1) is 5.10 Å². The molecule has 1 aromatic heterocycles. The second-order valence-electron chi connectivity index (χ2n) is 4.87. The second-order valence-corrected chi connectivity index (χ2v) is 4.87. The molecule has 1 aliphatic heterocycles. The maximum absolute atomic E-state index is 12.6. The lowest BCUT2D eigenvalue weighted by Crippen LogP contribution is -2.45. The first-order chi connectivity index (χ1) is 10.5. The van der Waals surface area contributed by atoms with Crippen LogP contribution in [0.25, 0.3) is 10.9 Å². The number of hydrogen-bond acceptors (Lipinski definition) is 6. The van der Waals surface area contributed by atoms with E-state index in [1.54, 1.807) is 0 Å². The number of hydrogen-bond donors (Lipinski definition) is 2. The lowest BCUT2D eigenvalue weighted by atomic mass is 10.1. The van der Waals surface area contributed by atoms with Gasteiger partial charge in [0, 0.05) is 6.42 Å². The molecule has 22 heavy (non-hydrogen) atoms. The van der Waals surface area contributed by atoms with Crippen molar-refractivity contribution in [3.05, 3.63) is 34.1 Å². The minimum atomic E-state index is -0.942. The van der Waals surface area contributed by atoms with E-state index in [0.717, 1.165) is 4.68 Å². The van der Waals surface area contributed by atoms with Crippen LogP contribution in [0.3, 0.4) is 0 Å². The quantitative estimate of drug-likeness (QED) is 0.673. The van der Waals surface area contributed by atoms with Crippen LogP contribution >= 0.6 is 0 Å². The summed E-state index contributed by atoms with van der Waals surface area (Å²) in [7, 11) is 0. The first kappa shape index (κ1) is 13.9. The second kappa shape index (κ2) is 5.02. The van der Waals surface area contributed by atoms with Gasteiger partial charge in [0.15, 0.2) is 0 Å². The summed E-state index contributed by atoms with van der Waals surface area (Å²) in [5, 5.41) is 9.74. The Morgan fingerprint density at radius 3 is 2.77 bits per heavy atom. The van der Waals surface area contributed by atoms with Crippen LogP contribution in [0.15, 0.2) is 23.0 Å². The molecule has 0 aliphatic carbocycles. The number of piperidine rings is 1. The lowest BCUT2D eigenvalue weighted by Gasteiger charge is -2.21. The van der Waals surface area contributed by atoms with Crippen LogP contribution in [0.4, 0.5) is 0 Å². The molecule has 3 amide bonds. The summed E-state index contributed by atoms with van der Waals surface area (Å²) in [6, 6.07) is 3.52. The fourth-order valence-electron chi connectivity index (χ4n) is 2.42. The number of benzene rings is 1. The van der Waals surface area contributed by atoms with Crippen molar-refractivity contribution >= 4 is 28.6 Å². The molecular weight excluding hydrogens is 290 g/mol. The number of nitrogens with zero attached hydrogens (tertiary/aromatic N) is 3. The number of nitrogens with one attached hydrogen (secondary N) is 1. The zero-order chi connectivity index (χ0) is 15.9. The van der Waals surface area contributed by atoms with Gasteiger partial charge in [-0.2, -0.15) is 4.68 Å². The van der Waals surface area contributed by atoms with Crippen molar-refractivity contribution in [2.75, 3.05) is 0 Å². The van der Waals surface area contributed by atoms with Crippen LogP contribution in [-0.4, -0.2) is 32.7 Å².